The Balaban J connectivity index is 2.50. The highest BCUT2D eigenvalue weighted by Crippen LogP contribution is 2.17. The summed E-state index contributed by atoms with van der Waals surface area (Å²) in [5.41, 5.74) is 0. The normalized spacial score (nSPS) is 9.64. The van der Waals surface area contributed by atoms with Crippen molar-refractivity contribution < 1.29 is 24.2 Å². The van der Waals surface area contributed by atoms with Gasteiger partial charge in [-0.25, -0.2) is 0 Å². The third-order valence-electron chi connectivity index (χ3n) is 1.41. The Kier molecular flexibility index (Phi) is 4.25. The molecule has 5 nitrogen and oxygen atoms in total. The molecule has 0 amide bonds. The zero-order chi connectivity index (χ0) is 10.4. The van der Waals surface area contributed by atoms with Gasteiger partial charge in [0.05, 0.1) is 0 Å². The van der Waals surface area contributed by atoms with Crippen LogP contribution in [0, 0.1) is 0 Å². The fourth-order valence-corrected chi connectivity index (χ4v) is 0.863. The van der Waals surface area contributed by atoms with Gasteiger partial charge >= 0.3 is 7.32 Å². The molecule has 1 aromatic rings. The van der Waals surface area contributed by atoms with Crippen molar-refractivity contribution in [3.63, 3.8) is 0 Å². The number of methoxy groups -OCH3 is 1. The Hall–Kier alpha value is -1.24. The summed E-state index contributed by atoms with van der Waals surface area (Å²) in [5, 5.41) is 17.0. The molecule has 0 aliphatic heterocycles. The largest absolute Gasteiger partial charge is 0.707 e. The first-order valence-electron chi connectivity index (χ1n) is 3.97. The minimum atomic E-state index is -1.80. The topological polar surface area (TPSA) is 68.2 Å². The van der Waals surface area contributed by atoms with E-state index in [0.717, 1.165) is 0 Å². The van der Waals surface area contributed by atoms with Gasteiger partial charge in [-0.1, -0.05) is 0 Å². The van der Waals surface area contributed by atoms with Crippen molar-refractivity contribution in [2.45, 2.75) is 0 Å². The molecule has 0 radical (unpaired) electrons. The van der Waals surface area contributed by atoms with Crippen LogP contribution >= 0.6 is 0 Å². The maximum absolute atomic E-state index is 8.50. The summed E-state index contributed by atoms with van der Waals surface area (Å²) in [6, 6.07) is 6.39. The van der Waals surface area contributed by atoms with Gasteiger partial charge in [0, 0.05) is 7.11 Å². The van der Waals surface area contributed by atoms with Crippen molar-refractivity contribution in [1.82, 2.24) is 0 Å². The molecule has 0 saturated heterocycles. The zero-order valence-electron chi connectivity index (χ0n) is 7.71. The van der Waals surface area contributed by atoms with E-state index < -0.39 is 7.32 Å². The van der Waals surface area contributed by atoms with Crippen LogP contribution in [0.2, 0.25) is 0 Å². The number of rotatable bonds is 5. The van der Waals surface area contributed by atoms with E-state index in [1.54, 1.807) is 24.3 Å². The Morgan fingerprint density at radius 2 is 1.71 bits per heavy atom. The van der Waals surface area contributed by atoms with Gasteiger partial charge < -0.3 is 24.2 Å². The third kappa shape index (κ3) is 3.65. The average Bonchev–Trinajstić information content (AvgIpc) is 2.16. The van der Waals surface area contributed by atoms with Crippen molar-refractivity contribution >= 4 is 7.32 Å². The predicted octanol–water partition coefficient (Wildman–Crippen LogP) is 0.0176. The van der Waals surface area contributed by atoms with Crippen LogP contribution in [-0.2, 0) is 4.74 Å². The number of hydrogen-bond donors (Lipinski definition) is 2. The fourth-order valence-electron chi connectivity index (χ4n) is 0.863. The van der Waals surface area contributed by atoms with Crippen LogP contribution < -0.4 is 9.39 Å². The molecule has 2 N–H and O–H groups in total. The smallest absolute Gasteiger partial charge is 0.512 e. The lowest BCUT2D eigenvalue weighted by Gasteiger charge is -2.06. The van der Waals surface area contributed by atoms with Crippen LogP contribution in [0.3, 0.4) is 0 Å². The van der Waals surface area contributed by atoms with E-state index in [-0.39, 0.29) is 6.79 Å². The molecule has 0 heterocycles. The minimum absolute atomic E-state index is 0.169. The quantitative estimate of drug-likeness (QED) is 0.515. The molecule has 0 aliphatic carbocycles. The van der Waals surface area contributed by atoms with E-state index in [1.165, 1.54) is 7.11 Å². The summed E-state index contributed by atoms with van der Waals surface area (Å²) in [6.07, 6.45) is 0. The molecule has 0 saturated carbocycles. The summed E-state index contributed by atoms with van der Waals surface area (Å²) in [6.45, 7) is 0.169. The van der Waals surface area contributed by atoms with Gasteiger partial charge in [0.2, 0.25) is 0 Å². The second-order valence-corrected chi connectivity index (χ2v) is 2.47. The zero-order valence-corrected chi connectivity index (χ0v) is 7.71. The standard InChI is InChI=1S/C8H11BO5/c1-12-6-13-7-2-4-8(5-3-7)14-9(10)11/h2-5,10-11H,6H2,1H3. The fraction of sp³-hybridized carbons (Fsp3) is 0.250. The van der Waals surface area contributed by atoms with Gasteiger partial charge in [-0.2, -0.15) is 0 Å². The molecular formula is C8H11BO5. The van der Waals surface area contributed by atoms with Crippen molar-refractivity contribution in [2.24, 2.45) is 0 Å². The molecule has 0 spiro atoms. The molecule has 0 bridgehead atoms. The summed E-state index contributed by atoms with van der Waals surface area (Å²) >= 11 is 0. The molecule has 1 rings (SSSR count). The second-order valence-electron chi connectivity index (χ2n) is 2.47. The lowest BCUT2D eigenvalue weighted by atomic mass is 10.2. The summed E-state index contributed by atoms with van der Waals surface area (Å²) in [4.78, 5) is 0. The van der Waals surface area contributed by atoms with Gasteiger partial charge in [0.1, 0.15) is 11.5 Å². The first kappa shape index (κ1) is 10.8. The summed E-state index contributed by atoms with van der Waals surface area (Å²) < 4.78 is 14.4. The SMILES string of the molecule is COCOc1ccc(OB(O)O)cc1. The van der Waals surface area contributed by atoms with Crippen LogP contribution in [0.4, 0.5) is 0 Å². The molecule has 0 aliphatic rings. The van der Waals surface area contributed by atoms with Crippen LogP contribution in [-0.4, -0.2) is 31.3 Å². The van der Waals surface area contributed by atoms with E-state index in [2.05, 4.69) is 4.65 Å². The van der Waals surface area contributed by atoms with E-state index in [4.69, 9.17) is 19.5 Å². The Bertz CT molecular complexity index is 261. The van der Waals surface area contributed by atoms with Crippen LogP contribution in [0.25, 0.3) is 0 Å². The molecule has 0 unspecified atom stereocenters. The average molecular weight is 198 g/mol. The number of hydrogen-bond acceptors (Lipinski definition) is 5. The molecule has 6 heteroatoms. The highest BCUT2D eigenvalue weighted by Gasteiger charge is 2.10. The van der Waals surface area contributed by atoms with Gasteiger partial charge in [-0.05, 0) is 24.3 Å². The lowest BCUT2D eigenvalue weighted by Crippen LogP contribution is -2.20. The molecule has 0 aromatic heterocycles. The highest BCUT2D eigenvalue weighted by molar-refractivity contribution is 6.33. The molecular weight excluding hydrogens is 187 g/mol. The van der Waals surface area contributed by atoms with Crippen LogP contribution in [0.15, 0.2) is 24.3 Å². The first-order valence-corrected chi connectivity index (χ1v) is 3.97. The van der Waals surface area contributed by atoms with Crippen LogP contribution in [0.1, 0.15) is 0 Å². The van der Waals surface area contributed by atoms with Gasteiger partial charge in [0.25, 0.3) is 0 Å². The maximum atomic E-state index is 8.50. The van der Waals surface area contributed by atoms with Crippen molar-refractivity contribution in [2.75, 3.05) is 13.9 Å². The minimum Gasteiger partial charge on any atom is -0.512 e. The van der Waals surface area contributed by atoms with E-state index in [1.807, 2.05) is 0 Å². The molecule has 14 heavy (non-hydrogen) atoms. The molecule has 1 aromatic carbocycles. The van der Waals surface area contributed by atoms with Crippen molar-refractivity contribution in [3.05, 3.63) is 24.3 Å². The van der Waals surface area contributed by atoms with Crippen molar-refractivity contribution in [3.8, 4) is 11.5 Å². The predicted molar refractivity (Wildman–Crippen MR) is 49.8 cm³/mol. The molecule has 0 atom stereocenters. The van der Waals surface area contributed by atoms with E-state index in [9.17, 15) is 0 Å². The monoisotopic (exact) mass is 198 g/mol. The number of benzene rings is 1. The third-order valence-corrected chi connectivity index (χ3v) is 1.41. The summed E-state index contributed by atoms with van der Waals surface area (Å²) in [5.74, 6) is 0.969. The maximum Gasteiger partial charge on any atom is 0.707 e. The first-order chi connectivity index (χ1) is 6.72. The Morgan fingerprint density at radius 1 is 1.14 bits per heavy atom. The van der Waals surface area contributed by atoms with E-state index in [0.29, 0.717) is 11.5 Å². The summed E-state index contributed by atoms with van der Waals surface area (Å²) in [7, 11) is -0.277. The van der Waals surface area contributed by atoms with Gasteiger partial charge in [-0.3, -0.25) is 0 Å². The van der Waals surface area contributed by atoms with E-state index >= 15 is 0 Å². The van der Waals surface area contributed by atoms with Gasteiger partial charge in [0.15, 0.2) is 6.79 Å². The molecule has 0 fully saturated rings. The van der Waals surface area contributed by atoms with Crippen LogP contribution in [0.5, 0.6) is 11.5 Å². The number of ether oxygens (including phenoxy) is 2. The molecule has 76 valence electrons. The lowest BCUT2D eigenvalue weighted by molar-refractivity contribution is 0.0511. The Labute approximate surface area is 82.0 Å². The Morgan fingerprint density at radius 3 is 2.21 bits per heavy atom. The second kappa shape index (κ2) is 5.49. The van der Waals surface area contributed by atoms with Gasteiger partial charge in [-0.15, -0.1) is 0 Å². The highest BCUT2D eigenvalue weighted by atomic mass is 16.7. The van der Waals surface area contributed by atoms with Crippen molar-refractivity contribution in [1.29, 1.82) is 0 Å².